The van der Waals surface area contributed by atoms with Crippen molar-refractivity contribution in [3.8, 4) is 5.75 Å². The fourth-order valence-electron chi connectivity index (χ4n) is 1.82. The van der Waals surface area contributed by atoms with Gasteiger partial charge in [-0.25, -0.2) is 4.98 Å². The number of carbonyl (C=O) groups is 1. The highest BCUT2D eigenvalue weighted by Gasteiger charge is 2.19. The van der Waals surface area contributed by atoms with Crippen molar-refractivity contribution in [2.45, 2.75) is 6.92 Å². The first kappa shape index (κ1) is 14.6. The topological polar surface area (TPSA) is 53.4 Å². The van der Waals surface area contributed by atoms with Crippen LogP contribution in [0.2, 0.25) is 10.3 Å². The van der Waals surface area contributed by atoms with Gasteiger partial charge in [-0.2, -0.15) is 0 Å². The first-order chi connectivity index (χ1) is 9.52. The van der Waals surface area contributed by atoms with E-state index >= 15 is 0 Å². The lowest BCUT2D eigenvalue weighted by molar-refractivity contribution is 0.0988. The van der Waals surface area contributed by atoms with Crippen molar-refractivity contribution >= 4 is 34.8 Å². The van der Waals surface area contributed by atoms with Crippen molar-refractivity contribution in [3.63, 3.8) is 0 Å². The molecule has 0 radical (unpaired) electrons. The number of hydrogen-bond acceptors (Lipinski definition) is 3. The fraction of sp³-hybridized carbons (Fsp3) is 0.143. The molecule has 0 aliphatic rings. The van der Waals surface area contributed by atoms with E-state index in [-0.39, 0.29) is 27.5 Å². The van der Waals surface area contributed by atoms with Gasteiger partial charge in [-0.1, -0.05) is 29.3 Å². The molecule has 0 saturated heterocycles. The quantitative estimate of drug-likeness (QED) is 0.878. The number of anilines is 1. The average Bonchev–Trinajstić information content (AvgIpc) is 2.39. The van der Waals surface area contributed by atoms with Crippen LogP contribution in [0.3, 0.4) is 0 Å². The predicted octanol–water partition coefficient (Wildman–Crippen LogP) is 3.76. The third kappa shape index (κ3) is 3.03. The van der Waals surface area contributed by atoms with Crippen molar-refractivity contribution in [2.24, 2.45) is 0 Å². The number of phenolic OH excluding ortho intramolecular Hbond substituents is 1. The first-order valence-corrected chi connectivity index (χ1v) is 6.71. The molecular formula is C14H12Cl2N2O2. The second kappa shape index (κ2) is 6.11. The van der Waals surface area contributed by atoms with Crippen LogP contribution in [0, 0.1) is 0 Å². The highest BCUT2D eigenvalue weighted by molar-refractivity contribution is 6.35. The average molecular weight is 311 g/mol. The minimum Gasteiger partial charge on any atom is -0.508 e. The van der Waals surface area contributed by atoms with Crippen LogP contribution < -0.4 is 4.90 Å². The Hall–Kier alpha value is -1.78. The van der Waals surface area contributed by atoms with Crippen LogP contribution >= 0.6 is 23.2 Å². The SMILES string of the molecule is CCN(C(=O)c1ccc(Cl)nc1Cl)c1cccc(O)c1. The van der Waals surface area contributed by atoms with Crippen molar-refractivity contribution in [1.29, 1.82) is 0 Å². The number of pyridine rings is 1. The van der Waals surface area contributed by atoms with Gasteiger partial charge in [0.05, 0.1) is 5.56 Å². The molecule has 6 heteroatoms. The smallest absolute Gasteiger partial charge is 0.261 e. The van der Waals surface area contributed by atoms with Crippen LogP contribution in [0.5, 0.6) is 5.75 Å². The van der Waals surface area contributed by atoms with E-state index in [0.29, 0.717) is 12.2 Å². The van der Waals surface area contributed by atoms with Crippen LogP contribution in [0.25, 0.3) is 0 Å². The lowest BCUT2D eigenvalue weighted by Gasteiger charge is -2.21. The summed E-state index contributed by atoms with van der Waals surface area (Å²) in [4.78, 5) is 17.8. The zero-order valence-corrected chi connectivity index (χ0v) is 12.2. The predicted molar refractivity (Wildman–Crippen MR) is 79.7 cm³/mol. The number of carbonyl (C=O) groups excluding carboxylic acids is 1. The van der Waals surface area contributed by atoms with E-state index in [4.69, 9.17) is 23.2 Å². The number of phenols is 1. The van der Waals surface area contributed by atoms with Gasteiger partial charge in [0, 0.05) is 18.3 Å². The molecule has 0 aliphatic heterocycles. The highest BCUT2D eigenvalue weighted by atomic mass is 35.5. The lowest BCUT2D eigenvalue weighted by atomic mass is 10.2. The zero-order valence-electron chi connectivity index (χ0n) is 10.7. The Bertz CT molecular complexity index is 647. The molecule has 1 heterocycles. The summed E-state index contributed by atoms with van der Waals surface area (Å²) in [7, 11) is 0. The molecule has 1 amide bonds. The molecule has 0 saturated carbocycles. The summed E-state index contributed by atoms with van der Waals surface area (Å²) in [6.45, 7) is 2.26. The normalized spacial score (nSPS) is 10.3. The van der Waals surface area contributed by atoms with Crippen molar-refractivity contribution in [2.75, 3.05) is 11.4 Å². The summed E-state index contributed by atoms with van der Waals surface area (Å²) >= 11 is 11.7. The second-order valence-electron chi connectivity index (χ2n) is 4.04. The molecule has 0 bridgehead atoms. The van der Waals surface area contributed by atoms with Gasteiger partial charge in [0.15, 0.2) is 0 Å². The number of aromatic nitrogens is 1. The van der Waals surface area contributed by atoms with Gasteiger partial charge in [0.2, 0.25) is 0 Å². The highest BCUT2D eigenvalue weighted by Crippen LogP contribution is 2.24. The van der Waals surface area contributed by atoms with E-state index in [1.165, 1.54) is 23.1 Å². The summed E-state index contributed by atoms with van der Waals surface area (Å²) in [6.07, 6.45) is 0. The van der Waals surface area contributed by atoms with E-state index in [9.17, 15) is 9.90 Å². The monoisotopic (exact) mass is 310 g/mol. The maximum absolute atomic E-state index is 12.5. The molecule has 1 aromatic carbocycles. The number of nitrogens with zero attached hydrogens (tertiary/aromatic N) is 2. The molecule has 1 N–H and O–H groups in total. The van der Waals surface area contributed by atoms with Gasteiger partial charge in [-0.15, -0.1) is 0 Å². The van der Waals surface area contributed by atoms with E-state index < -0.39 is 0 Å². The van der Waals surface area contributed by atoms with Gasteiger partial charge in [0.1, 0.15) is 16.1 Å². The summed E-state index contributed by atoms with van der Waals surface area (Å²) in [5.74, 6) is -0.207. The van der Waals surface area contributed by atoms with Crippen LogP contribution in [-0.4, -0.2) is 22.5 Å². The van der Waals surface area contributed by atoms with E-state index in [1.54, 1.807) is 18.2 Å². The molecule has 2 aromatic rings. The maximum Gasteiger partial charge on any atom is 0.261 e. The molecule has 4 nitrogen and oxygen atoms in total. The molecule has 20 heavy (non-hydrogen) atoms. The van der Waals surface area contributed by atoms with E-state index in [0.717, 1.165) is 0 Å². The third-order valence-electron chi connectivity index (χ3n) is 2.75. The van der Waals surface area contributed by atoms with E-state index in [1.807, 2.05) is 6.92 Å². The second-order valence-corrected chi connectivity index (χ2v) is 4.79. The van der Waals surface area contributed by atoms with Crippen LogP contribution in [0.1, 0.15) is 17.3 Å². The first-order valence-electron chi connectivity index (χ1n) is 5.96. The Morgan fingerprint density at radius 1 is 1.30 bits per heavy atom. The van der Waals surface area contributed by atoms with Gasteiger partial charge in [-0.3, -0.25) is 4.79 Å². The Labute approximate surface area is 126 Å². The van der Waals surface area contributed by atoms with Crippen molar-refractivity contribution < 1.29 is 9.90 Å². The Morgan fingerprint density at radius 3 is 2.65 bits per heavy atom. The maximum atomic E-state index is 12.5. The summed E-state index contributed by atoms with van der Waals surface area (Å²) in [6, 6.07) is 9.50. The molecule has 0 unspecified atom stereocenters. The number of rotatable bonds is 3. The zero-order chi connectivity index (χ0) is 14.7. The molecule has 0 aliphatic carbocycles. The van der Waals surface area contributed by atoms with Crippen LogP contribution in [-0.2, 0) is 0 Å². The molecule has 2 rings (SSSR count). The van der Waals surface area contributed by atoms with E-state index in [2.05, 4.69) is 4.98 Å². The molecule has 1 aromatic heterocycles. The summed E-state index contributed by atoms with van der Waals surface area (Å²) in [5, 5.41) is 9.79. The fourth-order valence-corrected chi connectivity index (χ4v) is 2.25. The van der Waals surface area contributed by atoms with Gasteiger partial charge < -0.3 is 10.0 Å². The molecule has 0 fully saturated rings. The minimum absolute atomic E-state index is 0.0566. The Kier molecular flexibility index (Phi) is 4.47. The van der Waals surface area contributed by atoms with Crippen molar-refractivity contribution in [1.82, 2.24) is 4.98 Å². The lowest BCUT2D eigenvalue weighted by Crippen LogP contribution is -2.30. The van der Waals surface area contributed by atoms with Gasteiger partial charge >= 0.3 is 0 Å². The summed E-state index contributed by atoms with van der Waals surface area (Å²) < 4.78 is 0. The largest absolute Gasteiger partial charge is 0.508 e. The number of benzene rings is 1. The Balaban J connectivity index is 2.39. The van der Waals surface area contributed by atoms with Crippen LogP contribution in [0.4, 0.5) is 5.69 Å². The van der Waals surface area contributed by atoms with Gasteiger partial charge in [-0.05, 0) is 31.2 Å². The molecular weight excluding hydrogens is 299 g/mol. The van der Waals surface area contributed by atoms with Gasteiger partial charge in [0.25, 0.3) is 5.91 Å². The molecule has 0 spiro atoms. The number of aromatic hydroxyl groups is 1. The van der Waals surface area contributed by atoms with Crippen LogP contribution in [0.15, 0.2) is 36.4 Å². The third-order valence-corrected chi connectivity index (χ3v) is 3.25. The number of halogens is 2. The summed E-state index contributed by atoms with van der Waals surface area (Å²) in [5.41, 5.74) is 0.852. The minimum atomic E-state index is -0.299. The molecule has 0 atom stereocenters. The molecule has 104 valence electrons. The number of hydrogen-bond donors (Lipinski definition) is 1. The standard InChI is InChI=1S/C14H12Cl2N2O2/c1-2-18(9-4-3-5-10(19)8-9)14(20)11-6-7-12(15)17-13(11)16/h3-8,19H,2H2,1H3. The van der Waals surface area contributed by atoms with Crippen molar-refractivity contribution in [3.05, 3.63) is 52.3 Å². The Morgan fingerprint density at radius 2 is 2.05 bits per heavy atom. The number of amides is 1.